The van der Waals surface area contributed by atoms with Crippen LogP contribution in [0.5, 0.6) is 5.75 Å². The number of aromatic nitrogens is 2. The standard InChI is InChI=1S/C30H29N5O2S/c36-29(31-22-12-15-27-28(20-22)33-26-9-5-4-8-25(26)32-27)21-10-13-24(14-11-21)37-30(38)35-18-16-34(17-19-35)23-6-2-1-3-7-23/h1-3,6-7,10-15,20H,4-5,8-9,16-19H2,(H,31,36). The number of piperazine rings is 1. The summed E-state index contributed by atoms with van der Waals surface area (Å²) in [5.74, 6) is 0.421. The molecule has 7 nitrogen and oxygen atoms in total. The van der Waals surface area contributed by atoms with Crippen LogP contribution in [-0.4, -0.2) is 52.1 Å². The predicted molar refractivity (Wildman–Crippen MR) is 154 cm³/mol. The number of ether oxygens (including phenoxy) is 1. The van der Waals surface area contributed by atoms with Gasteiger partial charge in [0.15, 0.2) is 0 Å². The number of anilines is 2. The fraction of sp³-hybridized carbons (Fsp3) is 0.267. The van der Waals surface area contributed by atoms with Crippen LogP contribution < -0.4 is 15.0 Å². The number of aryl methyl sites for hydroxylation is 2. The maximum atomic E-state index is 12.9. The highest BCUT2D eigenvalue weighted by Gasteiger charge is 2.20. The van der Waals surface area contributed by atoms with Crippen molar-refractivity contribution in [3.63, 3.8) is 0 Å². The lowest BCUT2D eigenvalue weighted by atomic mass is 10.0. The summed E-state index contributed by atoms with van der Waals surface area (Å²) in [6, 6.07) is 23.1. The molecule has 2 aliphatic rings. The van der Waals surface area contributed by atoms with E-state index in [-0.39, 0.29) is 5.91 Å². The van der Waals surface area contributed by atoms with Crippen LogP contribution in [-0.2, 0) is 12.8 Å². The Morgan fingerprint density at radius 1 is 0.816 bits per heavy atom. The van der Waals surface area contributed by atoms with Crippen molar-refractivity contribution in [3.8, 4) is 5.75 Å². The predicted octanol–water partition coefficient (Wildman–Crippen LogP) is 5.25. The monoisotopic (exact) mass is 523 g/mol. The van der Waals surface area contributed by atoms with Crippen molar-refractivity contribution in [1.29, 1.82) is 0 Å². The number of hydrogen-bond donors (Lipinski definition) is 1. The lowest BCUT2D eigenvalue weighted by molar-refractivity contribution is 0.102. The van der Waals surface area contributed by atoms with Gasteiger partial charge in [0.25, 0.3) is 11.1 Å². The van der Waals surface area contributed by atoms with Gasteiger partial charge in [-0.1, -0.05) is 18.2 Å². The molecule has 8 heteroatoms. The number of rotatable bonds is 4. The Bertz CT molecular complexity index is 1470. The van der Waals surface area contributed by atoms with Crippen molar-refractivity contribution in [1.82, 2.24) is 14.9 Å². The molecule has 0 saturated carbocycles. The quantitative estimate of drug-likeness (QED) is 0.367. The Morgan fingerprint density at radius 2 is 1.50 bits per heavy atom. The van der Waals surface area contributed by atoms with Crippen LogP contribution in [0.15, 0.2) is 72.8 Å². The summed E-state index contributed by atoms with van der Waals surface area (Å²) in [6.07, 6.45) is 4.28. The van der Waals surface area contributed by atoms with E-state index in [2.05, 4.69) is 39.4 Å². The van der Waals surface area contributed by atoms with E-state index in [1.807, 2.05) is 24.3 Å². The van der Waals surface area contributed by atoms with Crippen molar-refractivity contribution < 1.29 is 9.53 Å². The first-order valence-corrected chi connectivity index (χ1v) is 13.5. The molecule has 4 aromatic rings. The molecular weight excluding hydrogens is 494 g/mol. The fourth-order valence-corrected chi connectivity index (χ4v) is 5.30. The average molecular weight is 524 g/mol. The highest BCUT2D eigenvalue weighted by atomic mass is 32.1. The molecule has 6 rings (SSSR count). The number of thiocarbonyl (C=S) groups is 1. The van der Waals surface area contributed by atoms with Crippen LogP contribution in [0, 0.1) is 0 Å². The van der Waals surface area contributed by atoms with Gasteiger partial charge in [0.05, 0.1) is 22.4 Å². The molecule has 0 spiro atoms. The summed E-state index contributed by atoms with van der Waals surface area (Å²) in [5, 5.41) is 3.43. The van der Waals surface area contributed by atoms with Gasteiger partial charge in [0.2, 0.25) is 0 Å². The molecule has 0 bridgehead atoms. The van der Waals surface area contributed by atoms with E-state index in [1.54, 1.807) is 24.3 Å². The lowest BCUT2D eigenvalue weighted by Crippen LogP contribution is -2.49. The lowest BCUT2D eigenvalue weighted by Gasteiger charge is -2.36. The normalized spacial score (nSPS) is 15.2. The maximum Gasteiger partial charge on any atom is 0.264 e. The van der Waals surface area contributed by atoms with E-state index in [0.29, 0.717) is 22.2 Å². The van der Waals surface area contributed by atoms with E-state index < -0.39 is 0 Å². The SMILES string of the molecule is O=C(Nc1ccc2nc3c(nc2c1)CCCC3)c1ccc(OC(=S)N2CCN(c3ccccc3)CC2)cc1. The molecule has 38 heavy (non-hydrogen) atoms. The molecule has 3 aromatic carbocycles. The first-order chi connectivity index (χ1) is 18.6. The van der Waals surface area contributed by atoms with Crippen LogP contribution >= 0.6 is 12.2 Å². The van der Waals surface area contributed by atoms with Crippen LogP contribution in [0.2, 0.25) is 0 Å². The van der Waals surface area contributed by atoms with Crippen LogP contribution in [0.3, 0.4) is 0 Å². The van der Waals surface area contributed by atoms with Gasteiger partial charge in [-0.25, -0.2) is 9.97 Å². The summed E-state index contributed by atoms with van der Waals surface area (Å²) in [5.41, 5.74) is 6.33. The number of carbonyl (C=O) groups excluding carboxylic acids is 1. The summed E-state index contributed by atoms with van der Waals surface area (Å²) in [4.78, 5) is 26.9. The minimum atomic E-state index is -0.193. The van der Waals surface area contributed by atoms with Crippen molar-refractivity contribution >= 4 is 45.7 Å². The van der Waals surface area contributed by atoms with E-state index in [4.69, 9.17) is 26.9 Å². The van der Waals surface area contributed by atoms with E-state index in [9.17, 15) is 4.79 Å². The van der Waals surface area contributed by atoms with Gasteiger partial charge in [-0.2, -0.15) is 0 Å². The van der Waals surface area contributed by atoms with Gasteiger partial charge < -0.3 is 19.9 Å². The minimum absolute atomic E-state index is 0.193. The Hall–Kier alpha value is -4.04. The Kier molecular flexibility index (Phi) is 6.88. The first kappa shape index (κ1) is 24.3. The summed E-state index contributed by atoms with van der Waals surface area (Å²) >= 11 is 5.55. The topological polar surface area (TPSA) is 70.6 Å². The second-order valence-electron chi connectivity index (χ2n) is 9.68. The zero-order valence-corrected chi connectivity index (χ0v) is 21.9. The van der Waals surface area contributed by atoms with Gasteiger partial charge >= 0.3 is 0 Å². The molecular formula is C30H29N5O2S. The van der Waals surface area contributed by atoms with E-state index >= 15 is 0 Å². The molecule has 0 atom stereocenters. The van der Waals surface area contributed by atoms with Gasteiger partial charge in [-0.05, 0) is 92.5 Å². The van der Waals surface area contributed by atoms with Crippen molar-refractivity contribution in [2.24, 2.45) is 0 Å². The Labute approximate surface area is 227 Å². The van der Waals surface area contributed by atoms with Crippen molar-refractivity contribution in [3.05, 3.63) is 89.7 Å². The highest BCUT2D eigenvalue weighted by molar-refractivity contribution is 7.80. The third-order valence-corrected chi connectivity index (χ3v) is 7.48. The molecule has 1 N–H and O–H groups in total. The van der Waals surface area contributed by atoms with Crippen LogP contribution in [0.1, 0.15) is 34.6 Å². The third-order valence-electron chi connectivity index (χ3n) is 7.14. The molecule has 0 radical (unpaired) electrons. The van der Waals surface area contributed by atoms with E-state index in [0.717, 1.165) is 67.9 Å². The molecule has 1 aliphatic heterocycles. The second kappa shape index (κ2) is 10.8. The fourth-order valence-electron chi connectivity index (χ4n) is 5.02. The average Bonchev–Trinajstić information content (AvgIpc) is 2.97. The van der Waals surface area contributed by atoms with Gasteiger partial charge in [-0.15, -0.1) is 0 Å². The number of para-hydroxylation sites is 1. The number of nitrogens with zero attached hydrogens (tertiary/aromatic N) is 4. The number of benzene rings is 3. The maximum absolute atomic E-state index is 12.9. The number of fused-ring (bicyclic) bond motifs is 2. The van der Waals surface area contributed by atoms with Crippen LogP contribution in [0.4, 0.5) is 11.4 Å². The molecule has 1 saturated heterocycles. The van der Waals surface area contributed by atoms with Gasteiger partial charge in [0.1, 0.15) is 5.75 Å². The molecule has 1 aromatic heterocycles. The first-order valence-electron chi connectivity index (χ1n) is 13.1. The summed E-state index contributed by atoms with van der Waals surface area (Å²) in [6.45, 7) is 3.37. The Morgan fingerprint density at radius 3 is 2.21 bits per heavy atom. The van der Waals surface area contributed by atoms with E-state index in [1.165, 1.54) is 12.1 Å². The largest absolute Gasteiger partial charge is 0.432 e. The third kappa shape index (κ3) is 5.31. The minimum Gasteiger partial charge on any atom is -0.432 e. The number of nitrogens with one attached hydrogen (secondary N) is 1. The van der Waals surface area contributed by atoms with Crippen molar-refractivity contribution in [2.45, 2.75) is 25.7 Å². The number of carbonyl (C=O) groups is 1. The van der Waals surface area contributed by atoms with Crippen molar-refractivity contribution in [2.75, 3.05) is 36.4 Å². The molecule has 0 unspecified atom stereocenters. The van der Waals surface area contributed by atoms with Gasteiger partial charge in [0, 0.05) is 43.1 Å². The molecule has 2 heterocycles. The molecule has 1 aliphatic carbocycles. The molecule has 192 valence electrons. The number of hydrogen-bond acceptors (Lipinski definition) is 6. The second-order valence-corrected chi connectivity index (χ2v) is 10.0. The summed E-state index contributed by atoms with van der Waals surface area (Å²) in [7, 11) is 0. The smallest absolute Gasteiger partial charge is 0.264 e. The number of amides is 1. The molecule has 1 fully saturated rings. The Balaban J connectivity index is 1.05. The summed E-state index contributed by atoms with van der Waals surface area (Å²) < 4.78 is 5.93. The van der Waals surface area contributed by atoms with Crippen LogP contribution in [0.25, 0.3) is 11.0 Å². The highest BCUT2D eigenvalue weighted by Crippen LogP contribution is 2.24. The zero-order chi connectivity index (χ0) is 25.9. The van der Waals surface area contributed by atoms with Gasteiger partial charge in [-0.3, -0.25) is 4.79 Å². The zero-order valence-electron chi connectivity index (χ0n) is 21.1. The molecule has 1 amide bonds.